The van der Waals surface area contributed by atoms with Gasteiger partial charge in [-0.25, -0.2) is 0 Å². The summed E-state index contributed by atoms with van der Waals surface area (Å²) in [6.07, 6.45) is 18.4. The lowest BCUT2D eigenvalue weighted by Crippen LogP contribution is -2.62. The number of ether oxygens (including phenoxy) is 1. The molecule has 1 spiro atoms. The van der Waals surface area contributed by atoms with E-state index in [4.69, 9.17) is 4.74 Å². The average Bonchev–Trinajstić information content (AvgIpc) is 3.03. The Bertz CT molecular complexity index is 1230. The first-order chi connectivity index (χ1) is 21.8. The number of likely N-dealkylation sites (tertiary alicyclic amines) is 1. The third-order valence-electron chi connectivity index (χ3n) is 12.2. The number of unbranched alkanes of at least 4 members (excludes halogenated alkanes) is 1. The molecule has 45 heavy (non-hydrogen) atoms. The highest BCUT2D eigenvalue weighted by atomic mass is 16.5. The Kier molecular flexibility index (Phi) is 11.4. The summed E-state index contributed by atoms with van der Waals surface area (Å²) < 4.78 is 5.19. The number of hydrogen-bond acceptors (Lipinski definition) is 4. The number of aryl methyl sites for hydroxylation is 1. The van der Waals surface area contributed by atoms with E-state index in [1.165, 1.54) is 37.7 Å². The standard InChI is InChI=1S/C40H58N2O3/c1-5-12-31(3)40(33-15-7-6-8-16-33)25-23-39(24-26-40)22-21-37(38(44)42(39)29-32-13-11-14-32)30(2)27-35(43)18-10-9-17-34-19-20-36(45-4)28-41-34/h6-8,15-16,19-20,28,30-32,37H,5,9-14,17-18,21-27,29H2,1-4H3. The summed E-state index contributed by atoms with van der Waals surface area (Å²) in [5.41, 5.74) is 2.73. The maximum atomic E-state index is 14.4. The van der Waals surface area contributed by atoms with Gasteiger partial charge in [-0.1, -0.05) is 70.4 Å². The Balaban J connectivity index is 1.20. The number of methoxy groups -OCH3 is 1. The third kappa shape index (κ3) is 7.66. The first-order valence-corrected chi connectivity index (χ1v) is 18.2. The molecule has 3 fully saturated rings. The number of carbonyl (C=O) groups excluding carboxylic acids is 2. The van der Waals surface area contributed by atoms with Gasteiger partial charge in [-0.3, -0.25) is 14.6 Å². The number of hydrogen-bond donors (Lipinski definition) is 0. The van der Waals surface area contributed by atoms with Gasteiger partial charge in [-0.15, -0.1) is 0 Å². The van der Waals surface area contributed by atoms with Gasteiger partial charge in [0.15, 0.2) is 0 Å². The van der Waals surface area contributed by atoms with Crippen molar-refractivity contribution in [3.63, 3.8) is 0 Å². The SMILES string of the molecule is CCCC(C)C1(c2ccccc2)CCC2(CCC(C(C)CC(=O)CCCCc3ccc(OC)cn3)C(=O)N2CC2CCC2)CC1. The largest absolute Gasteiger partial charge is 0.495 e. The maximum Gasteiger partial charge on any atom is 0.226 e. The van der Waals surface area contributed by atoms with Crippen molar-refractivity contribution < 1.29 is 14.3 Å². The zero-order valence-corrected chi connectivity index (χ0v) is 28.6. The van der Waals surface area contributed by atoms with Gasteiger partial charge >= 0.3 is 0 Å². The van der Waals surface area contributed by atoms with Gasteiger partial charge in [-0.05, 0) is 111 Å². The molecule has 0 radical (unpaired) electrons. The number of ketones is 1. The van der Waals surface area contributed by atoms with E-state index in [1.54, 1.807) is 13.3 Å². The minimum absolute atomic E-state index is 0.00733. The van der Waals surface area contributed by atoms with E-state index in [0.29, 0.717) is 36.4 Å². The zero-order chi connectivity index (χ0) is 31.9. The molecule has 3 aliphatic rings. The van der Waals surface area contributed by atoms with Crippen LogP contribution in [-0.4, -0.2) is 40.8 Å². The molecule has 3 atom stereocenters. The quantitative estimate of drug-likeness (QED) is 0.188. The molecule has 1 aliphatic heterocycles. The highest BCUT2D eigenvalue weighted by molar-refractivity contribution is 5.83. The number of pyridine rings is 1. The van der Waals surface area contributed by atoms with E-state index < -0.39 is 0 Å². The van der Waals surface area contributed by atoms with Crippen molar-refractivity contribution >= 4 is 11.7 Å². The molecule has 2 aromatic rings. The minimum atomic E-state index is -0.0250. The fraction of sp³-hybridized carbons (Fsp3) is 0.675. The average molecular weight is 615 g/mol. The van der Waals surface area contributed by atoms with Crippen LogP contribution in [0, 0.1) is 23.7 Å². The van der Waals surface area contributed by atoms with Gasteiger partial charge in [0.1, 0.15) is 11.5 Å². The topological polar surface area (TPSA) is 59.5 Å². The number of Topliss-reactive ketones (excluding diaryl/α,β-unsaturated/α-hetero) is 1. The fourth-order valence-electron chi connectivity index (χ4n) is 9.00. The third-order valence-corrected chi connectivity index (χ3v) is 12.2. The maximum absolute atomic E-state index is 14.4. The van der Waals surface area contributed by atoms with Crippen LogP contribution in [0.5, 0.6) is 5.75 Å². The Morgan fingerprint density at radius 3 is 2.38 bits per heavy atom. The molecule has 0 N–H and O–H groups in total. The summed E-state index contributed by atoms with van der Waals surface area (Å²) in [6, 6.07) is 15.2. The van der Waals surface area contributed by atoms with E-state index in [1.807, 2.05) is 12.1 Å². The number of nitrogens with zero attached hydrogens (tertiary/aromatic N) is 2. The molecule has 5 rings (SSSR count). The van der Waals surface area contributed by atoms with E-state index in [2.05, 4.69) is 61.0 Å². The molecule has 2 saturated carbocycles. The fourth-order valence-corrected chi connectivity index (χ4v) is 9.00. The Morgan fingerprint density at radius 1 is 1.00 bits per heavy atom. The van der Waals surface area contributed by atoms with Crippen molar-refractivity contribution in [2.75, 3.05) is 13.7 Å². The van der Waals surface area contributed by atoms with Gasteiger partial charge in [0, 0.05) is 36.5 Å². The molecule has 1 saturated heterocycles. The number of aromatic nitrogens is 1. The molecule has 246 valence electrons. The first kappa shape index (κ1) is 33.7. The van der Waals surface area contributed by atoms with E-state index in [0.717, 1.165) is 75.8 Å². The zero-order valence-electron chi connectivity index (χ0n) is 28.6. The lowest BCUT2D eigenvalue weighted by molar-refractivity contribution is -0.156. The van der Waals surface area contributed by atoms with Crippen molar-refractivity contribution in [2.45, 2.75) is 134 Å². The molecule has 1 amide bonds. The van der Waals surface area contributed by atoms with Crippen LogP contribution in [0.25, 0.3) is 0 Å². The molecule has 3 unspecified atom stereocenters. The van der Waals surface area contributed by atoms with E-state index >= 15 is 0 Å². The predicted octanol–water partition coefficient (Wildman–Crippen LogP) is 9.12. The predicted molar refractivity (Wildman–Crippen MR) is 182 cm³/mol. The van der Waals surface area contributed by atoms with Gasteiger partial charge in [0.2, 0.25) is 5.91 Å². The van der Waals surface area contributed by atoms with Crippen molar-refractivity contribution in [3.05, 3.63) is 59.9 Å². The Labute approximate surface area is 272 Å². The highest BCUT2D eigenvalue weighted by Gasteiger charge is 2.53. The van der Waals surface area contributed by atoms with Crippen LogP contribution in [-0.2, 0) is 21.4 Å². The summed E-state index contributed by atoms with van der Waals surface area (Å²) in [4.78, 5) is 34.3. The lowest BCUT2D eigenvalue weighted by Gasteiger charge is -2.58. The smallest absolute Gasteiger partial charge is 0.226 e. The first-order valence-electron chi connectivity index (χ1n) is 18.2. The summed E-state index contributed by atoms with van der Waals surface area (Å²) in [5, 5.41) is 0. The lowest BCUT2D eigenvalue weighted by atomic mass is 9.56. The van der Waals surface area contributed by atoms with Crippen molar-refractivity contribution in [1.29, 1.82) is 0 Å². The number of rotatable bonds is 15. The van der Waals surface area contributed by atoms with Crippen molar-refractivity contribution in [2.24, 2.45) is 23.7 Å². The van der Waals surface area contributed by atoms with Crippen LogP contribution in [0.4, 0.5) is 0 Å². The number of carbonyl (C=O) groups is 2. The molecule has 0 bridgehead atoms. The molecular formula is C40H58N2O3. The summed E-state index contributed by atoms with van der Waals surface area (Å²) in [7, 11) is 1.65. The monoisotopic (exact) mass is 614 g/mol. The van der Waals surface area contributed by atoms with Crippen LogP contribution in [0.15, 0.2) is 48.7 Å². The normalized spacial score (nSPS) is 26.8. The van der Waals surface area contributed by atoms with Crippen LogP contribution in [0.1, 0.15) is 128 Å². The van der Waals surface area contributed by atoms with Gasteiger partial charge in [0.25, 0.3) is 0 Å². The number of benzene rings is 1. The second kappa shape index (κ2) is 15.3. The highest BCUT2D eigenvalue weighted by Crippen LogP contribution is 2.54. The Morgan fingerprint density at radius 2 is 1.76 bits per heavy atom. The molecule has 2 heterocycles. The van der Waals surface area contributed by atoms with Crippen molar-refractivity contribution in [1.82, 2.24) is 9.88 Å². The van der Waals surface area contributed by atoms with Crippen LogP contribution < -0.4 is 4.74 Å². The minimum Gasteiger partial charge on any atom is -0.495 e. The van der Waals surface area contributed by atoms with Crippen LogP contribution in [0.3, 0.4) is 0 Å². The second-order valence-electron chi connectivity index (χ2n) is 14.9. The number of amides is 1. The molecule has 1 aromatic carbocycles. The van der Waals surface area contributed by atoms with Crippen LogP contribution >= 0.6 is 0 Å². The molecule has 5 nitrogen and oxygen atoms in total. The van der Waals surface area contributed by atoms with E-state index in [9.17, 15) is 9.59 Å². The summed E-state index contributed by atoms with van der Waals surface area (Å²) >= 11 is 0. The Hall–Kier alpha value is -2.69. The molecule has 5 heteroatoms. The van der Waals surface area contributed by atoms with Gasteiger partial charge in [0.05, 0.1) is 13.3 Å². The van der Waals surface area contributed by atoms with Crippen molar-refractivity contribution in [3.8, 4) is 5.75 Å². The molecule has 2 aliphatic carbocycles. The molecule has 1 aromatic heterocycles. The summed E-state index contributed by atoms with van der Waals surface area (Å²) in [6.45, 7) is 7.87. The number of piperidine rings is 1. The second-order valence-corrected chi connectivity index (χ2v) is 14.9. The van der Waals surface area contributed by atoms with Gasteiger partial charge < -0.3 is 9.64 Å². The van der Waals surface area contributed by atoms with E-state index in [-0.39, 0.29) is 22.8 Å². The van der Waals surface area contributed by atoms with Gasteiger partial charge in [-0.2, -0.15) is 0 Å². The van der Waals surface area contributed by atoms with Crippen LogP contribution in [0.2, 0.25) is 0 Å². The summed E-state index contributed by atoms with van der Waals surface area (Å²) in [5.74, 6) is 2.79. The molecular weight excluding hydrogens is 556 g/mol.